The lowest BCUT2D eigenvalue weighted by Gasteiger charge is -2.17. The van der Waals surface area contributed by atoms with E-state index in [4.69, 9.17) is 10.2 Å². The van der Waals surface area contributed by atoms with Crippen molar-refractivity contribution in [3.8, 4) is 0 Å². The molecule has 18 heavy (non-hydrogen) atoms. The Morgan fingerprint density at radius 2 is 2.22 bits per heavy atom. The van der Waals surface area contributed by atoms with E-state index in [2.05, 4.69) is 0 Å². The Hall–Kier alpha value is -1.95. The van der Waals surface area contributed by atoms with Gasteiger partial charge >= 0.3 is 5.97 Å². The zero-order valence-electron chi connectivity index (χ0n) is 9.47. The Morgan fingerprint density at radius 1 is 1.50 bits per heavy atom. The van der Waals surface area contributed by atoms with Crippen LogP contribution in [0.2, 0.25) is 0 Å². The van der Waals surface area contributed by atoms with Crippen molar-refractivity contribution < 1.29 is 24.2 Å². The molecule has 1 aliphatic heterocycles. The van der Waals surface area contributed by atoms with E-state index in [0.29, 0.717) is 5.69 Å². The molecule has 0 aromatic heterocycles. The van der Waals surface area contributed by atoms with Crippen molar-refractivity contribution in [1.29, 1.82) is 0 Å². The zero-order valence-corrected chi connectivity index (χ0v) is 9.47. The van der Waals surface area contributed by atoms with Crippen LogP contribution in [0.5, 0.6) is 0 Å². The topological polar surface area (TPSA) is 77.8 Å². The molecule has 1 heterocycles. The highest BCUT2D eigenvalue weighted by Crippen LogP contribution is 2.26. The predicted molar refractivity (Wildman–Crippen MR) is 60.4 cm³/mol. The van der Waals surface area contributed by atoms with Crippen molar-refractivity contribution in [3.63, 3.8) is 0 Å². The van der Waals surface area contributed by atoms with Gasteiger partial charge in [-0.3, -0.25) is 9.59 Å². The molecule has 2 rings (SSSR count). The number of rotatable bonds is 3. The number of nitrogens with zero attached hydrogens (tertiary/aromatic N) is 1. The molecular formula is C12H12FNO4. The number of aliphatic hydroxyl groups is 1. The Labute approximate surface area is 102 Å². The molecule has 6 heteroatoms. The normalized spacial score (nSPS) is 19.3. The average Bonchev–Trinajstić information content (AvgIpc) is 2.72. The predicted octanol–water partition coefficient (Wildman–Crippen LogP) is 0.756. The number of aliphatic carboxylic acids is 1. The fourth-order valence-electron chi connectivity index (χ4n) is 1.97. The smallest absolute Gasteiger partial charge is 0.308 e. The number of halogens is 1. The third kappa shape index (κ3) is 2.19. The standard InChI is InChI=1S/C12H12FNO4/c13-10-2-1-9(3-8(10)6-15)14-5-7(12(17)18)4-11(14)16/h1-3,7,15H,4-6H2,(H,17,18). The first-order valence-electron chi connectivity index (χ1n) is 5.45. The highest BCUT2D eigenvalue weighted by Gasteiger charge is 2.35. The maximum Gasteiger partial charge on any atom is 0.308 e. The molecule has 1 fully saturated rings. The fraction of sp³-hybridized carbons (Fsp3) is 0.333. The van der Waals surface area contributed by atoms with Gasteiger partial charge in [0.15, 0.2) is 0 Å². The number of hydrogen-bond acceptors (Lipinski definition) is 3. The van der Waals surface area contributed by atoms with E-state index >= 15 is 0 Å². The van der Waals surface area contributed by atoms with Crippen LogP contribution >= 0.6 is 0 Å². The third-order valence-corrected chi connectivity index (χ3v) is 2.99. The summed E-state index contributed by atoms with van der Waals surface area (Å²) in [5, 5.41) is 17.8. The van der Waals surface area contributed by atoms with Gasteiger partial charge in [0.1, 0.15) is 5.82 Å². The summed E-state index contributed by atoms with van der Waals surface area (Å²) in [6.45, 7) is -0.394. The number of hydrogen-bond donors (Lipinski definition) is 2. The van der Waals surface area contributed by atoms with Gasteiger partial charge in [0.05, 0.1) is 12.5 Å². The number of carbonyl (C=O) groups excluding carboxylic acids is 1. The summed E-state index contributed by atoms with van der Waals surface area (Å²) in [6, 6.07) is 3.91. The van der Waals surface area contributed by atoms with Crippen molar-refractivity contribution >= 4 is 17.6 Å². The number of benzene rings is 1. The number of aliphatic hydroxyl groups excluding tert-OH is 1. The molecule has 1 aromatic rings. The van der Waals surface area contributed by atoms with E-state index in [1.807, 2.05) is 0 Å². The summed E-state index contributed by atoms with van der Waals surface area (Å²) in [4.78, 5) is 23.8. The molecular weight excluding hydrogens is 241 g/mol. The number of carboxylic acids is 1. The number of anilines is 1. The number of carboxylic acid groups (broad SMARTS) is 1. The molecule has 1 amide bonds. The lowest BCUT2D eigenvalue weighted by Crippen LogP contribution is -2.25. The van der Waals surface area contributed by atoms with Crippen LogP contribution in [0.25, 0.3) is 0 Å². The van der Waals surface area contributed by atoms with Gasteiger partial charge in [-0.15, -0.1) is 0 Å². The van der Waals surface area contributed by atoms with E-state index in [1.165, 1.54) is 17.0 Å². The Kier molecular flexibility index (Phi) is 3.29. The van der Waals surface area contributed by atoms with Gasteiger partial charge in [0.25, 0.3) is 0 Å². The summed E-state index contributed by atoms with van der Waals surface area (Å²) in [6.07, 6.45) is -0.0544. The van der Waals surface area contributed by atoms with Crippen molar-refractivity contribution in [2.24, 2.45) is 5.92 Å². The molecule has 0 saturated carbocycles. The molecule has 96 valence electrons. The van der Waals surface area contributed by atoms with E-state index < -0.39 is 24.3 Å². The summed E-state index contributed by atoms with van der Waals surface area (Å²) < 4.78 is 13.2. The summed E-state index contributed by atoms with van der Waals surface area (Å²) >= 11 is 0. The Balaban J connectivity index is 2.27. The first-order valence-corrected chi connectivity index (χ1v) is 5.45. The summed E-state index contributed by atoms with van der Waals surface area (Å²) in [5.41, 5.74) is 0.494. The second-order valence-electron chi connectivity index (χ2n) is 4.18. The fourth-order valence-corrected chi connectivity index (χ4v) is 1.97. The van der Waals surface area contributed by atoms with Crippen LogP contribution in [0.1, 0.15) is 12.0 Å². The molecule has 0 spiro atoms. The summed E-state index contributed by atoms with van der Waals surface area (Å²) in [5.74, 6) is -2.61. The second-order valence-corrected chi connectivity index (χ2v) is 4.18. The highest BCUT2D eigenvalue weighted by molar-refractivity contribution is 5.99. The average molecular weight is 253 g/mol. The molecule has 2 N–H and O–H groups in total. The van der Waals surface area contributed by atoms with Crippen molar-refractivity contribution in [2.75, 3.05) is 11.4 Å². The van der Waals surface area contributed by atoms with E-state index in [9.17, 15) is 14.0 Å². The van der Waals surface area contributed by atoms with Crippen LogP contribution in [-0.4, -0.2) is 28.6 Å². The van der Waals surface area contributed by atoms with Gasteiger partial charge in [-0.2, -0.15) is 0 Å². The van der Waals surface area contributed by atoms with E-state index in [0.717, 1.165) is 6.07 Å². The molecule has 0 radical (unpaired) electrons. The lowest BCUT2D eigenvalue weighted by molar-refractivity contribution is -0.141. The van der Waals surface area contributed by atoms with E-state index in [-0.39, 0.29) is 24.4 Å². The Morgan fingerprint density at radius 3 is 2.78 bits per heavy atom. The molecule has 0 aliphatic carbocycles. The molecule has 5 nitrogen and oxygen atoms in total. The maximum atomic E-state index is 13.2. The second kappa shape index (κ2) is 4.73. The van der Waals surface area contributed by atoms with E-state index in [1.54, 1.807) is 0 Å². The minimum absolute atomic E-state index is 0.0544. The maximum absolute atomic E-state index is 13.2. The number of carbonyl (C=O) groups is 2. The van der Waals surface area contributed by atoms with Crippen LogP contribution in [0.4, 0.5) is 10.1 Å². The lowest BCUT2D eigenvalue weighted by atomic mass is 10.1. The van der Waals surface area contributed by atoms with Crippen LogP contribution < -0.4 is 4.90 Å². The van der Waals surface area contributed by atoms with Crippen LogP contribution in [0.3, 0.4) is 0 Å². The monoisotopic (exact) mass is 253 g/mol. The molecule has 1 saturated heterocycles. The molecule has 1 atom stereocenters. The highest BCUT2D eigenvalue weighted by atomic mass is 19.1. The van der Waals surface area contributed by atoms with Crippen LogP contribution in [0.15, 0.2) is 18.2 Å². The third-order valence-electron chi connectivity index (χ3n) is 2.99. The first-order chi connectivity index (χ1) is 8.52. The van der Waals surface area contributed by atoms with Gasteiger partial charge < -0.3 is 15.1 Å². The minimum atomic E-state index is -1.02. The molecule has 0 bridgehead atoms. The first kappa shape index (κ1) is 12.5. The van der Waals surface area contributed by atoms with Gasteiger partial charge in [0.2, 0.25) is 5.91 Å². The quantitative estimate of drug-likeness (QED) is 0.833. The Bertz CT molecular complexity index is 503. The zero-order chi connectivity index (χ0) is 13.3. The SMILES string of the molecule is O=C(O)C1CC(=O)N(c2ccc(F)c(CO)c2)C1. The van der Waals surface area contributed by atoms with Gasteiger partial charge in [0, 0.05) is 24.2 Å². The largest absolute Gasteiger partial charge is 0.481 e. The van der Waals surface area contributed by atoms with Crippen molar-refractivity contribution in [1.82, 2.24) is 0 Å². The molecule has 1 unspecified atom stereocenters. The van der Waals surface area contributed by atoms with Crippen LogP contribution in [0, 0.1) is 11.7 Å². The van der Waals surface area contributed by atoms with Gasteiger partial charge in [-0.25, -0.2) is 4.39 Å². The summed E-state index contributed by atoms with van der Waals surface area (Å²) in [7, 11) is 0. The number of amides is 1. The van der Waals surface area contributed by atoms with Crippen molar-refractivity contribution in [2.45, 2.75) is 13.0 Å². The molecule has 1 aromatic carbocycles. The van der Waals surface area contributed by atoms with Gasteiger partial charge in [-0.05, 0) is 18.2 Å². The minimum Gasteiger partial charge on any atom is -0.481 e. The van der Waals surface area contributed by atoms with Gasteiger partial charge in [-0.1, -0.05) is 0 Å². The molecule has 1 aliphatic rings. The van der Waals surface area contributed by atoms with Crippen molar-refractivity contribution in [3.05, 3.63) is 29.6 Å². The van der Waals surface area contributed by atoms with Crippen LogP contribution in [-0.2, 0) is 16.2 Å².